The topological polar surface area (TPSA) is 105 Å². The van der Waals surface area contributed by atoms with Crippen molar-refractivity contribution in [2.45, 2.75) is 51.0 Å². The van der Waals surface area contributed by atoms with Gasteiger partial charge in [0.25, 0.3) is 0 Å². The maximum atomic E-state index is 12.4. The molecule has 2 fully saturated rings. The molecule has 0 bridgehead atoms. The number of amidine groups is 1. The molecule has 2 heterocycles. The van der Waals surface area contributed by atoms with Crippen LogP contribution >= 0.6 is 11.8 Å². The molecular formula is C20H27N3O5S2. The number of nitrogens with one attached hydrogen (secondary N) is 1. The van der Waals surface area contributed by atoms with E-state index in [2.05, 4.69) is 10.3 Å². The molecule has 1 aromatic carbocycles. The van der Waals surface area contributed by atoms with Crippen molar-refractivity contribution in [3.05, 3.63) is 29.8 Å². The number of carbonyl (C=O) groups is 2. The molecule has 2 saturated heterocycles. The van der Waals surface area contributed by atoms with Gasteiger partial charge in [0.2, 0.25) is 5.91 Å². The summed E-state index contributed by atoms with van der Waals surface area (Å²) in [6, 6.07) is 7.47. The monoisotopic (exact) mass is 453 g/mol. The predicted octanol–water partition coefficient (Wildman–Crippen LogP) is 2.51. The molecule has 0 saturated carbocycles. The van der Waals surface area contributed by atoms with Crippen LogP contribution in [0.1, 0.15) is 32.8 Å². The summed E-state index contributed by atoms with van der Waals surface area (Å²) in [4.78, 5) is 30.2. The van der Waals surface area contributed by atoms with E-state index in [1.165, 1.54) is 11.8 Å². The molecule has 2 atom stereocenters. The second-order valence-electron chi connectivity index (χ2n) is 8.47. The van der Waals surface area contributed by atoms with Gasteiger partial charge in [-0.2, -0.15) is 4.99 Å². The van der Waals surface area contributed by atoms with Crippen molar-refractivity contribution in [2.24, 2.45) is 4.99 Å². The number of amides is 2. The van der Waals surface area contributed by atoms with Gasteiger partial charge in [-0.1, -0.05) is 29.5 Å². The number of carbonyl (C=O) groups excluding carboxylic acids is 2. The standard InChI is InChI=1S/C20H27N3O5S2/c1-13-5-7-14(8-6-13)23-15-11-30(26,27)12-16(15)29-18(23)22-17(24)9-10-21-19(25)28-20(2,3)4/h5-8,15-16H,9-12H2,1-4H3,(H,21,25)/t15-,16+/m0/s1. The number of hydrogen-bond acceptors (Lipinski definition) is 6. The number of anilines is 1. The lowest BCUT2D eigenvalue weighted by molar-refractivity contribution is -0.117. The summed E-state index contributed by atoms with van der Waals surface area (Å²) >= 11 is 1.33. The van der Waals surface area contributed by atoms with E-state index in [9.17, 15) is 18.0 Å². The van der Waals surface area contributed by atoms with Crippen LogP contribution in [0.4, 0.5) is 10.5 Å². The van der Waals surface area contributed by atoms with Crippen molar-refractivity contribution < 1.29 is 22.7 Å². The molecule has 1 N–H and O–H groups in total. The summed E-state index contributed by atoms with van der Waals surface area (Å²) < 4.78 is 29.4. The first-order valence-corrected chi connectivity index (χ1v) is 12.4. The van der Waals surface area contributed by atoms with E-state index in [1.807, 2.05) is 36.1 Å². The molecule has 30 heavy (non-hydrogen) atoms. The zero-order chi connectivity index (χ0) is 22.1. The van der Waals surface area contributed by atoms with Crippen molar-refractivity contribution in [1.82, 2.24) is 5.32 Å². The second kappa shape index (κ2) is 8.58. The molecule has 3 rings (SSSR count). The fourth-order valence-electron chi connectivity index (χ4n) is 3.32. The van der Waals surface area contributed by atoms with Crippen LogP contribution in [-0.4, -0.2) is 60.5 Å². The van der Waals surface area contributed by atoms with Gasteiger partial charge in [0.15, 0.2) is 15.0 Å². The first-order valence-electron chi connectivity index (χ1n) is 9.75. The van der Waals surface area contributed by atoms with E-state index < -0.39 is 21.5 Å². The van der Waals surface area contributed by atoms with E-state index in [0.717, 1.165) is 11.3 Å². The zero-order valence-electron chi connectivity index (χ0n) is 17.5. The molecule has 0 aliphatic carbocycles. The molecule has 164 valence electrons. The quantitative estimate of drug-likeness (QED) is 0.747. The highest BCUT2D eigenvalue weighted by Gasteiger charge is 2.49. The van der Waals surface area contributed by atoms with Gasteiger partial charge in [0.05, 0.1) is 17.5 Å². The average molecular weight is 454 g/mol. The highest BCUT2D eigenvalue weighted by molar-refractivity contribution is 8.16. The van der Waals surface area contributed by atoms with E-state index in [0.29, 0.717) is 5.17 Å². The van der Waals surface area contributed by atoms with Gasteiger partial charge >= 0.3 is 6.09 Å². The lowest BCUT2D eigenvalue weighted by Gasteiger charge is -2.24. The van der Waals surface area contributed by atoms with E-state index in [1.54, 1.807) is 20.8 Å². The molecule has 0 spiro atoms. The third-order valence-corrected chi connectivity index (χ3v) is 7.82. The normalized spacial score (nSPS) is 24.0. The summed E-state index contributed by atoms with van der Waals surface area (Å²) in [5.74, 6) is -0.252. The van der Waals surface area contributed by atoms with Crippen LogP contribution in [0.2, 0.25) is 0 Å². The number of alkyl carbamates (subject to hydrolysis) is 1. The van der Waals surface area contributed by atoms with Crippen molar-refractivity contribution in [3.63, 3.8) is 0 Å². The number of aliphatic imine (C=N–C) groups is 1. The van der Waals surface area contributed by atoms with Gasteiger partial charge in [-0.3, -0.25) is 4.79 Å². The Balaban J connectivity index is 1.70. The molecule has 2 aliphatic heterocycles. The third kappa shape index (κ3) is 5.75. The molecule has 0 aromatic heterocycles. The molecule has 2 aliphatic rings. The van der Waals surface area contributed by atoms with Gasteiger partial charge < -0.3 is 15.0 Å². The van der Waals surface area contributed by atoms with Gasteiger partial charge in [-0.05, 0) is 39.8 Å². The predicted molar refractivity (Wildman–Crippen MR) is 119 cm³/mol. The van der Waals surface area contributed by atoms with Crippen LogP contribution in [0.25, 0.3) is 0 Å². The number of rotatable bonds is 4. The summed E-state index contributed by atoms with van der Waals surface area (Å²) in [5, 5.41) is 2.90. The maximum absolute atomic E-state index is 12.4. The molecule has 1 aromatic rings. The number of sulfone groups is 1. The number of fused-ring (bicyclic) bond motifs is 1. The van der Waals surface area contributed by atoms with Crippen molar-refractivity contribution in [3.8, 4) is 0 Å². The highest BCUT2D eigenvalue weighted by atomic mass is 32.2. The molecule has 2 amide bonds. The highest BCUT2D eigenvalue weighted by Crippen LogP contribution is 2.41. The van der Waals surface area contributed by atoms with E-state index >= 15 is 0 Å². The maximum Gasteiger partial charge on any atom is 0.407 e. The second-order valence-corrected chi connectivity index (χ2v) is 11.8. The summed E-state index contributed by atoms with van der Waals surface area (Å²) in [6.45, 7) is 7.37. The number of thioether (sulfide) groups is 1. The van der Waals surface area contributed by atoms with Crippen molar-refractivity contribution >= 4 is 44.5 Å². The Morgan fingerprint density at radius 2 is 1.90 bits per heavy atom. The Kier molecular flexibility index (Phi) is 6.47. The Morgan fingerprint density at radius 3 is 2.53 bits per heavy atom. The van der Waals surface area contributed by atoms with Crippen molar-refractivity contribution in [1.29, 1.82) is 0 Å². The SMILES string of the molecule is Cc1ccc(N2C(=NC(=O)CCNC(=O)OC(C)(C)C)S[C@@H]3CS(=O)(=O)C[C@@H]32)cc1. The molecule has 0 radical (unpaired) electrons. The lowest BCUT2D eigenvalue weighted by atomic mass is 10.1. The van der Waals surface area contributed by atoms with Crippen LogP contribution < -0.4 is 10.2 Å². The smallest absolute Gasteiger partial charge is 0.407 e. The Bertz CT molecular complexity index is 952. The summed E-state index contributed by atoms with van der Waals surface area (Å²) in [5.41, 5.74) is 1.29. The minimum absolute atomic E-state index is 0.0265. The molecule has 8 nitrogen and oxygen atoms in total. The Morgan fingerprint density at radius 1 is 1.23 bits per heavy atom. The van der Waals surface area contributed by atoms with E-state index in [-0.39, 0.29) is 41.7 Å². The summed E-state index contributed by atoms with van der Waals surface area (Å²) in [7, 11) is -3.11. The average Bonchev–Trinajstić information content (AvgIpc) is 3.05. The summed E-state index contributed by atoms with van der Waals surface area (Å²) in [6.07, 6.45) is -0.558. The Hall–Kier alpha value is -2.07. The Labute approximate surface area is 181 Å². The first-order chi connectivity index (χ1) is 13.9. The van der Waals surface area contributed by atoms with Gasteiger partial charge in [-0.25, -0.2) is 13.2 Å². The van der Waals surface area contributed by atoms with Crippen LogP contribution in [-0.2, 0) is 19.4 Å². The molecular weight excluding hydrogens is 426 g/mol. The van der Waals surface area contributed by atoms with Gasteiger partial charge in [-0.15, -0.1) is 0 Å². The lowest BCUT2D eigenvalue weighted by Crippen LogP contribution is -2.37. The number of hydrogen-bond donors (Lipinski definition) is 1. The fourth-order valence-corrected chi connectivity index (χ4v) is 7.25. The number of benzene rings is 1. The van der Waals surface area contributed by atoms with Gasteiger partial charge in [0.1, 0.15) is 5.60 Å². The van der Waals surface area contributed by atoms with Crippen LogP contribution in [0.3, 0.4) is 0 Å². The van der Waals surface area contributed by atoms with Crippen LogP contribution in [0.5, 0.6) is 0 Å². The van der Waals surface area contributed by atoms with E-state index in [4.69, 9.17) is 4.74 Å². The molecule has 10 heteroatoms. The third-order valence-electron chi connectivity index (χ3n) is 4.61. The zero-order valence-corrected chi connectivity index (χ0v) is 19.2. The number of ether oxygens (including phenoxy) is 1. The van der Waals surface area contributed by atoms with Gasteiger partial charge in [0, 0.05) is 23.9 Å². The van der Waals surface area contributed by atoms with Crippen molar-refractivity contribution in [2.75, 3.05) is 23.0 Å². The number of nitrogens with zero attached hydrogens (tertiary/aromatic N) is 2. The van der Waals surface area contributed by atoms with Crippen LogP contribution in [0, 0.1) is 6.92 Å². The number of aryl methyl sites for hydroxylation is 1. The van der Waals surface area contributed by atoms with Crippen LogP contribution in [0.15, 0.2) is 29.3 Å². The first kappa shape index (κ1) is 22.6. The largest absolute Gasteiger partial charge is 0.444 e. The fraction of sp³-hybridized carbons (Fsp3) is 0.550. The minimum Gasteiger partial charge on any atom is -0.444 e. The molecule has 0 unspecified atom stereocenters. The minimum atomic E-state index is -3.11.